The number of Topliss-reactive ketones (excluding diaryl/α,β-unsaturated/α-hetero) is 1. The number of ether oxygens (including phenoxy) is 4. The number of rotatable bonds is 9. The van der Waals surface area contributed by atoms with Crippen LogP contribution in [0.25, 0.3) is 0 Å². The molecule has 0 radical (unpaired) electrons. The topological polar surface area (TPSA) is 74.3 Å². The van der Waals surface area contributed by atoms with Gasteiger partial charge >= 0.3 is 0 Å². The first-order valence-electron chi connectivity index (χ1n) is 9.47. The minimum absolute atomic E-state index is 0.0704. The highest BCUT2D eigenvalue weighted by Gasteiger charge is 2.18. The monoisotopic (exact) mass is 399 g/mol. The summed E-state index contributed by atoms with van der Waals surface area (Å²) in [7, 11) is 3.06. The van der Waals surface area contributed by atoms with E-state index in [0.717, 1.165) is 5.56 Å². The number of methoxy groups -OCH3 is 2. The summed E-state index contributed by atoms with van der Waals surface area (Å²) in [6.07, 6.45) is 0.275. The van der Waals surface area contributed by atoms with E-state index in [-0.39, 0.29) is 31.3 Å². The predicted octanol–water partition coefficient (Wildman–Crippen LogP) is 3.44. The van der Waals surface area contributed by atoms with Crippen LogP contribution in [-0.2, 0) is 11.3 Å². The molecule has 0 aromatic heterocycles. The molecule has 0 spiro atoms. The molecule has 1 amide bonds. The maximum atomic E-state index is 12.6. The summed E-state index contributed by atoms with van der Waals surface area (Å²) in [5.41, 5.74) is 1.45. The Balaban J connectivity index is 1.59. The van der Waals surface area contributed by atoms with Gasteiger partial charge in [-0.05, 0) is 42.8 Å². The van der Waals surface area contributed by atoms with Gasteiger partial charge in [0.25, 0.3) is 0 Å². The number of carbonyl (C=O) groups is 2. The Kier molecular flexibility index (Phi) is 6.59. The van der Waals surface area contributed by atoms with E-state index in [9.17, 15) is 9.59 Å². The summed E-state index contributed by atoms with van der Waals surface area (Å²) in [6.45, 7) is 3.14. The van der Waals surface area contributed by atoms with Crippen molar-refractivity contribution in [2.45, 2.75) is 26.3 Å². The van der Waals surface area contributed by atoms with Crippen LogP contribution in [0.15, 0.2) is 36.4 Å². The molecular formula is C22H25NO6. The molecule has 0 atom stereocenters. The largest absolute Gasteiger partial charge is 0.493 e. The molecule has 1 aliphatic rings. The zero-order valence-corrected chi connectivity index (χ0v) is 16.9. The van der Waals surface area contributed by atoms with Gasteiger partial charge in [0, 0.05) is 31.5 Å². The van der Waals surface area contributed by atoms with E-state index in [1.807, 2.05) is 25.1 Å². The first-order chi connectivity index (χ1) is 14.0. The van der Waals surface area contributed by atoms with Crippen LogP contribution in [-0.4, -0.2) is 44.1 Å². The highest BCUT2D eigenvalue weighted by Crippen LogP contribution is 2.33. The molecule has 0 aliphatic carbocycles. The third-order valence-corrected chi connectivity index (χ3v) is 4.82. The minimum Gasteiger partial charge on any atom is -0.493 e. The third-order valence-electron chi connectivity index (χ3n) is 4.82. The Morgan fingerprint density at radius 1 is 0.966 bits per heavy atom. The van der Waals surface area contributed by atoms with E-state index in [1.165, 1.54) is 14.2 Å². The summed E-state index contributed by atoms with van der Waals surface area (Å²) in [4.78, 5) is 26.9. The number of benzene rings is 2. The molecule has 154 valence electrons. The zero-order chi connectivity index (χ0) is 20.8. The van der Waals surface area contributed by atoms with E-state index in [1.54, 1.807) is 23.1 Å². The number of nitrogens with zero attached hydrogens (tertiary/aromatic N) is 1. The molecule has 7 heteroatoms. The Morgan fingerprint density at radius 3 is 2.45 bits per heavy atom. The number of carbonyl (C=O) groups excluding carboxylic acids is 2. The molecule has 1 aliphatic heterocycles. The molecule has 2 aromatic rings. The molecule has 0 fully saturated rings. The van der Waals surface area contributed by atoms with Gasteiger partial charge in [0.1, 0.15) is 0 Å². The Morgan fingerprint density at radius 2 is 1.72 bits per heavy atom. The first-order valence-corrected chi connectivity index (χ1v) is 9.47. The molecular weight excluding hydrogens is 374 g/mol. The number of hydrogen-bond acceptors (Lipinski definition) is 6. The Hall–Kier alpha value is -3.22. The van der Waals surface area contributed by atoms with Crippen LogP contribution in [0.3, 0.4) is 0 Å². The van der Waals surface area contributed by atoms with Crippen LogP contribution in [0.2, 0.25) is 0 Å². The number of amides is 1. The molecule has 0 saturated carbocycles. The SMILES string of the molecule is CCN(Cc1ccc2c(c1)OCO2)C(=O)CCC(=O)c1ccc(OC)c(OC)c1. The fourth-order valence-electron chi connectivity index (χ4n) is 3.17. The van der Waals surface area contributed by atoms with Gasteiger partial charge in [-0.2, -0.15) is 0 Å². The molecule has 2 aromatic carbocycles. The van der Waals surface area contributed by atoms with E-state index < -0.39 is 0 Å². The van der Waals surface area contributed by atoms with Gasteiger partial charge in [-0.15, -0.1) is 0 Å². The van der Waals surface area contributed by atoms with E-state index >= 15 is 0 Å². The van der Waals surface area contributed by atoms with E-state index in [2.05, 4.69) is 0 Å². The van der Waals surface area contributed by atoms with Gasteiger partial charge in [-0.25, -0.2) is 0 Å². The van der Waals surface area contributed by atoms with E-state index in [4.69, 9.17) is 18.9 Å². The van der Waals surface area contributed by atoms with Crippen molar-refractivity contribution in [1.82, 2.24) is 4.90 Å². The van der Waals surface area contributed by atoms with Crippen molar-refractivity contribution < 1.29 is 28.5 Å². The lowest BCUT2D eigenvalue weighted by Gasteiger charge is -2.21. The van der Waals surface area contributed by atoms with Crippen molar-refractivity contribution in [1.29, 1.82) is 0 Å². The van der Waals surface area contributed by atoms with Crippen LogP contribution >= 0.6 is 0 Å². The third kappa shape index (κ3) is 4.80. The maximum absolute atomic E-state index is 12.6. The average Bonchev–Trinajstić information content (AvgIpc) is 3.22. The number of ketones is 1. The summed E-state index contributed by atoms with van der Waals surface area (Å²) < 4.78 is 21.1. The number of hydrogen-bond donors (Lipinski definition) is 0. The van der Waals surface area contributed by atoms with Crippen molar-refractivity contribution in [3.8, 4) is 23.0 Å². The van der Waals surface area contributed by atoms with Gasteiger partial charge in [-0.1, -0.05) is 6.07 Å². The lowest BCUT2D eigenvalue weighted by Crippen LogP contribution is -2.30. The van der Waals surface area contributed by atoms with Crippen molar-refractivity contribution in [2.24, 2.45) is 0 Å². The van der Waals surface area contributed by atoms with Crippen molar-refractivity contribution in [2.75, 3.05) is 27.6 Å². The van der Waals surface area contributed by atoms with Crippen LogP contribution in [0, 0.1) is 0 Å². The highest BCUT2D eigenvalue weighted by molar-refractivity contribution is 5.98. The van der Waals surface area contributed by atoms with Crippen LogP contribution in [0.4, 0.5) is 0 Å². The second-order valence-corrected chi connectivity index (χ2v) is 6.59. The van der Waals surface area contributed by atoms with Gasteiger partial charge < -0.3 is 23.8 Å². The molecule has 3 rings (SSSR count). The molecule has 0 unspecified atom stereocenters. The quantitative estimate of drug-likeness (QED) is 0.602. The fraction of sp³-hybridized carbons (Fsp3) is 0.364. The van der Waals surface area contributed by atoms with Gasteiger partial charge in [0.15, 0.2) is 28.8 Å². The summed E-state index contributed by atoms with van der Waals surface area (Å²) in [6, 6.07) is 10.6. The van der Waals surface area contributed by atoms with Crippen LogP contribution < -0.4 is 18.9 Å². The molecule has 7 nitrogen and oxygen atoms in total. The Bertz CT molecular complexity index is 895. The lowest BCUT2D eigenvalue weighted by molar-refractivity contribution is -0.131. The smallest absolute Gasteiger partial charge is 0.231 e. The fourth-order valence-corrected chi connectivity index (χ4v) is 3.17. The highest BCUT2D eigenvalue weighted by atomic mass is 16.7. The average molecular weight is 399 g/mol. The van der Waals surface area contributed by atoms with Crippen molar-refractivity contribution >= 4 is 11.7 Å². The van der Waals surface area contributed by atoms with Gasteiger partial charge in [0.05, 0.1) is 14.2 Å². The lowest BCUT2D eigenvalue weighted by atomic mass is 10.1. The summed E-state index contributed by atoms with van der Waals surface area (Å²) in [5.74, 6) is 2.26. The zero-order valence-electron chi connectivity index (χ0n) is 16.9. The molecule has 0 saturated heterocycles. The predicted molar refractivity (Wildman–Crippen MR) is 107 cm³/mol. The van der Waals surface area contributed by atoms with Crippen molar-refractivity contribution in [3.63, 3.8) is 0 Å². The number of fused-ring (bicyclic) bond motifs is 1. The standard InChI is InChI=1S/C22H25NO6/c1-4-23(13-15-5-8-19-21(11-15)29-14-28-19)22(25)10-7-17(24)16-6-9-18(26-2)20(12-16)27-3/h5-6,8-9,11-12H,4,7,10,13-14H2,1-3H3. The summed E-state index contributed by atoms with van der Waals surface area (Å²) >= 11 is 0. The summed E-state index contributed by atoms with van der Waals surface area (Å²) in [5, 5.41) is 0. The van der Waals surface area contributed by atoms with Crippen LogP contribution in [0.1, 0.15) is 35.7 Å². The van der Waals surface area contributed by atoms with Gasteiger partial charge in [-0.3, -0.25) is 9.59 Å². The molecule has 0 N–H and O–H groups in total. The molecule has 1 heterocycles. The molecule has 29 heavy (non-hydrogen) atoms. The van der Waals surface area contributed by atoms with Gasteiger partial charge in [0.2, 0.25) is 12.7 Å². The minimum atomic E-state index is -0.113. The van der Waals surface area contributed by atoms with Crippen molar-refractivity contribution in [3.05, 3.63) is 47.5 Å². The first kappa shape index (κ1) is 20.5. The molecule has 0 bridgehead atoms. The second kappa shape index (κ2) is 9.32. The second-order valence-electron chi connectivity index (χ2n) is 6.59. The van der Waals surface area contributed by atoms with Crippen LogP contribution in [0.5, 0.6) is 23.0 Å². The Labute approximate surface area is 170 Å². The maximum Gasteiger partial charge on any atom is 0.231 e. The van der Waals surface area contributed by atoms with E-state index in [0.29, 0.717) is 41.7 Å². The normalized spacial score (nSPS) is 11.8.